The molecule has 0 aliphatic rings. The molecule has 0 fully saturated rings. The largest absolute Gasteiger partial charge is 0.265 e. The lowest BCUT2D eigenvalue weighted by Crippen LogP contribution is -1.96. The third kappa shape index (κ3) is 1.99. The molecule has 0 N–H and O–H groups in total. The highest BCUT2D eigenvalue weighted by atomic mass is 19.1. The van der Waals surface area contributed by atoms with Crippen LogP contribution in [0.2, 0.25) is 0 Å². The van der Waals surface area contributed by atoms with Gasteiger partial charge in [0.25, 0.3) is 5.69 Å². The van der Waals surface area contributed by atoms with E-state index in [1.807, 2.05) is 0 Å². The smallest absolute Gasteiger partial charge is 0.207 e. The van der Waals surface area contributed by atoms with Crippen molar-refractivity contribution >= 4 is 11.3 Å². The minimum Gasteiger partial charge on any atom is -0.207 e. The van der Waals surface area contributed by atoms with E-state index in [4.69, 9.17) is 0 Å². The van der Waals surface area contributed by atoms with E-state index in [0.29, 0.717) is 16.0 Å². The van der Waals surface area contributed by atoms with Crippen LogP contribution in [0.3, 0.4) is 0 Å². The summed E-state index contributed by atoms with van der Waals surface area (Å²) in [6.45, 7) is 5.49. The molecule has 0 heterocycles. The Morgan fingerprint density at radius 1 is 1.54 bits per heavy atom. The maximum atomic E-state index is 12.8. The van der Waals surface area contributed by atoms with Crippen molar-refractivity contribution in [2.24, 2.45) is 0 Å². The van der Waals surface area contributed by atoms with Crippen molar-refractivity contribution in [3.63, 3.8) is 0 Å². The van der Waals surface area contributed by atoms with E-state index in [-0.39, 0.29) is 0 Å². The van der Waals surface area contributed by atoms with Crippen LogP contribution in [0.4, 0.5) is 10.1 Å². The van der Waals surface area contributed by atoms with Gasteiger partial charge in [0.1, 0.15) is 5.82 Å². The fourth-order valence-electron chi connectivity index (χ4n) is 1.13. The molecule has 0 radical (unpaired) electrons. The number of rotatable bonds is 2. The summed E-state index contributed by atoms with van der Waals surface area (Å²) >= 11 is 0. The Labute approximate surface area is 76.3 Å². The highest BCUT2D eigenvalue weighted by molar-refractivity contribution is 5.69. The minimum absolute atomic E-state index is 0.313. The Hall–Kier alpha value is -1.51. The maximum absolute atomic E-state index is 12.8. The van der Waals surface area contributed by atoms with Gasteiger partial charge in [0.05, 0.1) is 11.6 Å². The maximum Gasteiger partial charge on any atom is 0.265 e. The van der Waals surface area contributed by atoms with Gasteiger partial charge >= 0.3 is 0 Å². The summed E-state index contributed by atoms with van der Waals surface area (Å²) in [6, 6.07) is 4.08. The van der Waals surface area contributed by atoms with Crippen LogP contribution in [0.25, 0.3) is 5.57 Å². The van der Waals surface area contributed by atoms with Crippen molar-refractivity contribution in [2.75, 3.05) is 7.05 Å². The van der Waals surface area contributed by atoms with Gasteiger partial charge in [-0.25, -0.2) is 4.39 Å². The van der Waals surface area contributed by atoms with Crippen LogP contribution in [0.5, 0.6) is 0 Å². The number of hydrogen-bond acceptors (Lipinski definition) is 1. The van der Waals surface area contributed by atoms with Gasteiger partial charge in [0.2, 0.25) is 0 Å². The van der Waals surface area contributed by atoms with Crippen LogP contribution in [0.1, 0.15) is 12.5 Å². The minimum atomic E-state index is -0.414. The van der Waals surface area contributed by atoms with Crippen LogP contribution in [0.15, 0.2) is 24.8 Å². The zero-order valence-corrected chi connectivity index (χ0v) is 7.67. The first-order chi connectivity index (χ1) is 6.02. The predicted molar refractivity (Wildman–Crippen MR) is 50.3 cm³/mol. The summed E-state index contributed by atoms with van der Waals surface area (Å²) in [5.74, 6) is -0.414. The van der Waals surface area contributed by atoms with Crippen molar-refractivity contribution in [1.82, 2.24) is 0 Å². The Kier molecular flexibility index (Phi) is 2.56. The van der Waals surface area contributed by atoms with E-state index in [2.05, 4.69) is 6.58 Å². The van der Waals surface area contributed by atoms with Crippen LogP contribution < -0.4 is 0 Å². The van der Waals surface area contributed by atoms with Crippen molar-refractivity contribution in [3.8, 4) is 0 Å². The number of halogens is 1. The van der Waals surface area contributed by atoms with Crippen molar-refractivity contribution in [1.29, 1.82) is 0 Å². The predicted octanol–water partition coefficient (Wildman–Crippen LogP) is 2.90. The molecular formula is C10H11FNO+. The van der Waals surface area contributed by atoms with E-state index in [1.165, 1.54) is 19.2 Å². The third-order valence-electron chi connectivity index (χ3n) is 1.76. The molecule has 0 saturated heterocycles. The Morgan fingerprint density at radius 2 is 2.15 bits per heavy atom. The van der Waals surface area contributed by atoms with Gasteiger partial charge < -0.3 is 0 Å². The van der Waals surface area contributed by atoms with E-state index in [0.717, 1.165) is 5.57 Å². The Morgan fingerprint density at radius 3 is 2.62 bits per heavy atom. The number of hydrogen-bond donors (Lipinski definition) is 0. The molecule has 2 nitrogen and oxygen atoms in total. The first-order valence-electron chi connectivity index (χ1n) is 3.88. The molecule has 13 heavy (non-hydrogen) atoms. The van der Waals surface area contributed by atoms with Crippen molar-refractivity contribution < 1.29 is 9.15 Å². The van der Waals surface area contributed by atoms with Gasteiger partial charge in [-0.2, -0.15) is 0 Å². The molecule has 0 aliphatic carbocycles. The van der Waals surface area contributed by atoms with Crippen LogP contribution >= 0.6 is 0 Å². The molecule has 0 bridgehead atoms. The summed E-state index contributed by atoms with van der Waals surface area (Å²) in [7, 11) is 1.33. The molecule has 0 spiro atoms. The lowest BCUT2D eigenvalue weighted by molar-refractivity contribution is -0.428. The van der Waals surface area contributed by atoms with Gasteiger partial charge in [-0.05, 0) is 24.6 Å². The van der Waals surface area contributed by atoms with E-state index in [1.54, 1.807) is 13.0 Å². The third-order valence-corrected chi connectivity index (χ3v) is 1.76. The van der Waals surface area contributed by atoms with Gasteiger partial charge in [-0.3, -0.25) is 0 Å². The molecule has 0 unspecified atom stereocenters. The van der Waals surface area contributed by atoms with Crippen LogP contribution in [-0.2, 0) is 0 Å². The summed E-state index contributed by atoms with van der Waals surface area (Å²) in [5, 5.41) is 0. The second kappa shape index (κ2) is 3.47. The monoisotopic (exact) mass is 180 g/mol. The topological polar surface area (TPSA) is 20.1 Å². The first-order valence-corrected chi connectivity index (χ1v) is 3.88. The number of allylic oxidation sites excluding steroid dienone is 1. The summed E-state index contributed by atoms with van der Waals surface area (Å²) in [6.07, 6.45) is 0. The second-order valence-corrected chi connectivity index (χ2v) is 2.94. The van der Waals surface area contributed by atoms with E-state index < -0.39 is 5.82 Å². The lowest BCUT2D eigenvalue weighted by Gasteiger charge is -1.99. The van der Waals surface area contributed by atoms with Gasteiger partial charge in [0, 0.05) is 9.67 Å². The average molecular weight is 180 g/mol. The number of nitroso groups, excluding NO2 is 1. The standard InChI is InChI=1S/C10H11FNO/c1-7(2)9-5-4-8(11)6-10(9)12(3)13/h4-6H,1H2,2-3H3/q+1. The normalized spacial score (nSPS) is 9.77. The number of nitrogens with zero attached hydrogens (tertiary/aromatic N) is 1. The van der Waals surface area contributed by atoms with Gasteiger partial charge in [-0.15, -0.1) is 0 Å². The van der Waals surface area contributed by atoms with E-state index >= 15 is 0 Å². The molecule has 0 aromatic heterocycles. The molecule has 0 aliphatic heterocycles. The molecule has 0 amide bonds. The average Bonchev–Trinajstić information content (AvgIpc) is 2.03. The summed E-state index contributed by atoms with van der Waals surface area (Å²) in [5.41, 5.74) is 1.74. The quantitative estimate of drug-likeness (QED) is 0.641. The fourth-order valence-corrected chi connectivity index (χ4v) is 1.13. The molecule has 1 aromatic carbocycles. The second-order valence-electron chi connectivity index (χ2n) is 2.94. The SMILES string of the molecule is C=C(C)c1ccc(F)cc1[N+](C)=O. The molecule has 68 valence electrons. The zero-order chi connectivity index (χ0) is 10.0. The fraction of sp³-hybridized carbons (Fsp3) is 0.200. The van der Waals surface area contributed by atoms with Crippen LogP contribution in [0, 0.1) is 10.7 Å². The molecular weight excluding hydrogens is 169 g/mol. The molecule has 3 heteroatoms. The lowest BCUT2D eigenvalue weighted by atomic mass is 10.1. The van der Waals surface area contributed by atoms with Gasteiger partial charge in [-0.1, -0.05) is 6.58 Å². The van der Waals surface area contributed by atoms with E-state index in [9.17, 15) is 9.30 Å². The first kappa shape index (κ1) is 9.58. The summed E-state index contributed by atoms with van der Waals surface area (Å²) in [4.78, 5) is 11.0. The highest BCUT2D eigenvalue weighted by Gasteiger charge is 2.15. The van der Waals surface area contributed by atoms with Crippen molar-refractivity contribution in [2.45, 2.75) is 6.92 Å². The van der Waals surface area contributed by atoms with Crippen LogP contribution in [-0.4, -0.2) is 11.8 Å². The molecule has 0 saturated carbocycles. The summed E-state index contributed by atoms with van der Waals surface area (Å²) < 4.78 is 13.4. The molecule has 1 rings (SSSR count). The Balaban J connectivity index is 3.35. The van der Waals surface area contributed by atoms with Gasteiger partial charge in [0.15, 0.2) is 7.05 Å². The van der Waals surface area contributed by atoms with Crippen molar-refractivity contribution in [3.05, 3.63) is 41.1 Å². The molecule has 1 aromatic rings. The zero-order valence-electron chi connectivity index (χ0n) is 7.67. The Bertz CT molecular complexity index is 371. The highest BCUT2D eigenvalue weighted by Crippen LogP contribution is 2.24. The molecule has 0 atom stereocenters. The number of benzene rings is 1.